The van der Waals surface area contributed by atoms with Gasteiger partial charge in [-0.1, -0.05) is 60.7 Å². The van der Waals surface area contributed by atoms with Gasteiger partial charge in [0.2, 0.25) is 5.66 Å². The van der Waals surface area contributed by atoms with Crippen molar-refractivity contribution in [2.24, 2.45) is 0 Å². The molecule has 132 valence electrons. The van der Waals surface area contributed by atoms with Crippen molar-refractivity contribution in [2.45, 2.75) is 12.2 Å². The molecule has 5 rings (SSSR count). The van der Waals surface area contributed by atoms with Crippen molar-refractivity contribution in [3.63, 3.8) is 0 Å². The fourth-order valence-corrected chi connectivity index (χ4v) is 3.88. The van der Waals surface area contributed by atoms with Crippen LogP contribution < -0.4 is 15.5 Å². The zero-order valence-electron chi connectivity index (χ0n) is 14.5. The number of fused-ring (bicyclic) bond motifs is 3. The normalized spacial score (nSPS) is 20.1. The average Bonchev–Trinajstić information content (AvgIpc) is 2.92. The van der Waals surface area contributed by atoms with E-state index in [2.05, 4.69) is 10.6 Å². The molecular formula is C22H17N3O2. The van der Waals surface area contributed by atoms with Crippen LogP contribution in [0.3, 0.4) is 0 Å². The summed E-state index contributed by atoms with van der Waals surface area (Å²) in [5.74, 6) is -0.440. The predicted molar refractivity (Wildman–Crippen MR) is 103 cm³/mol. The summed E-state index contributed by atoms with van der Waals surface area (Å²) in [6.45, 7) is 0.442. The Morgan fingerprint density at radius 3 is 2.33 bits per heavy atom. The third-order valence-electron chi connectivity index (χ3n) is 5.14. The molecule has 2 aliphatic heterocycles. The monoisotopic (exact) mass is 355 g/mol. The van der Waals surface area contributed by atoms with Crippen LogP contribution in [-0.2, 0) is 17.0 Å². The highest BCUT2D eigenvalue weighted by molar-refractivity contribution is 6.15. The molecule has 1 spiro atoms. The number of carbonyl (C=O) groups excluding carboxylic acids is 2. The molecule has 3 aromatic rings. The zero-order valence-corrected chi connectivity index (χ0v) is 14.5. The highest BCUT2D eigenvalue weighted by Crippen LogP contribution is 2.43. The summed E-state index contributed by atoms with van der Waals surface area (Å²) in [7, 11) is 0. The zero-order chi connectivity index (χ0) is 18.4. The second-order valence-corrected chi connectivity index (χ2v) is 6.77. The summed E-state index contributed by atoms with van der Waals surface area (Å²) in [6, 6.07) is 24.7. The molecule has 0 saturated heterocycles. The molecule has 0 saturated carbocycles. The first-order valence-electron chi connectivity index (χ1n) is 8.84. The number of nitrogens with zero attached hydrogens (tertiary/aromatic N) is 1. The van der Waals surface area contributed by atoms with Gasteiger partial charge in [-0.3, -0.25) is 9.59 Å². The molecule has 0 aromatic heterocycles. The Bertz CT molecular complexity index is 1060. The van der Waals surface area contributed by atoms with Crippen LogP contribution in [0, 0.1) is 0 Å². The molecule has 2 heterocycles. The van der Waals surface area contributed by atoms with Gasteiger partial charge in [0.25, 0.3) is 11.8 Å². The van der Waals surface area contributed by atoms with E-state index >= 15 is 0 Å². The second kappa shape index (κ2) is 5.71. The van der Waals surface area contributed by atoms with Crippen LogP contribution in [0.2, 0.25) is 0 Å². The van der Waals surface area contributed by atoms with Gasteiger partial charge in [0.1, 0.15) is 0 Å². The fraction of sp³-hybridized carbons (Fsp3) is 0.0909. The number of nitrogens with one attached hydrogen (secondary N) is 2. The van der Waals surface area contributed by atoms with Crippen molar-refractivity contribution >= 4 is 23.2 Å². The molecule has 0 aliphatic carbocycles. The molecule has 27 heavy (non-hydrogen) atoms. The first kappa shape index (κ1) is 15.6. The van der Waals surface area contributed by atoms with Crippen LogP contribution in [0.4, 0.5) is 11.4 Å². The highest BCUT2D eigenvalue weighted by Gasteiger charge is 2.54. The molecule has 1 atom stereocenters. The van der Waals surface area contributed by atoms with Gasteiger partial charge in [0.15, 0.2) is 0 Å². The molecule has 2 aliphatic rings. The quantitative estimate of drug-likeness (QED) is 0.742. The lowest BCUT2D eigenvalue weighted by molar-refractivity contribution is -0.123. The Hall–Kier alpha value is -3.60. The highest BCUT2D eigenvalue weighted by atomic mass is 16.2. The number of rotatable bonds is 2. The Morgan fingerprint density at radius 2 is 1.48 bits per heavy atom. The van der Waals surface area contributed by atoms with Crippen molar-refractivity contribution in [1.29, 1.82) is 0 Å². The van der Waals surface area contributed by atoms with E-state index in [0.717, 1.165) is 16.8 Å². The van der Waals surface area contributed by atoms with Crippen molar-refractivity contribution in [2.75, 3.05) is 10.2 Å². The van der Waals surface area contributed by atoms with Gasteiger partial charge in [-0.2, -0.15) is 0 Å². The predicted octanol–water partition coefficient (Wildman–Crippen LogP) is 3.24. The third-order valence-corrected chi connectivity index (χ3v) is 5.14. The van der Waals surface area contributed by atoms with E-state index in [4.69, 9.17) is 0 Å². The van der Waals surface area contributed by atoms with E-state index in [1.807, 2.05) is 72.8 Å². The lowest BCUT2D eigenvalue weighted by Crippen LogP contribution is -2.60. The van der Waals surface area contributed by atoms with Crippen molar-refractivity contribution in [1.82, 2.24) is 5.32 Å². The summed E-state index contributed by atoms with van der Waals surface area (Å²) < 4.78 is 0. The summed E-state index contributed by atoms with van der Waals surface area (Å²) in [5, 5.41) is 6.23. The maximum atomic E-state index is 13.5. The lowest BCUT2D eigenvalue weighted by Gasteiger charge is -2.36. The molecule has 2 amide bonds. The molecule has 0 fully saturated rings. The van der Waals surface area contributed by atoms with Gasteiger partial charge in [0.05, 0.1) is 17.8 Å². The van der Waals surface area contributed by atoms with Gasteiger partial charge in [-0.05, 0) is 23.8 Å². The molecule has 3 aromatic carbocycles. The van der Waals surface area contributed by atoms with E-state index in [0.29, 0.717) is 17.8 Å². The van der Waals surface area contributed by atoms with E-state index in [-0.39, 0.29) is 11.8 Å². The first-order chi connectivity index (χ1) is 13.2. The number of benzene rings is 3. The molecule has 5 heteroatoms. The lowest BCUT2D eigenvalue weighted by atomic mass is 9.96. The number of para-hydroxylation sites is 2. The third kappa shape index (κ3) is 2.25. The average molecular weight is 355 g/mol. The Balaban J connectivity index is 1.62. The largest absolute Gasteiger partial charge is 0.350 e. The van der Waals surface area contributed by atoms with E-state index in [1.165, 1.54) is 0 Å². The minimum absolute atomic E-state index is 0.185. The number of anilines is 2. The van der Waals surface area contributed by atoms with Crippen molar-refractivity contribution in [3.8, 4) is 0 Å². The van der Waals surface area contributed by atoms with Gasteiger partial charge >= 0.3 is 0 Å². The van der Waals surface area contributed by atoms with Gasteiger partial charge in [-0.15, -0.1) is 0 Å². The molecule has 2 N–H and O–H groups in total. The van der Waals surface area contributed by atoms with Crippen molar-refractivity contribution < 1.29 is 9.59 Å². The molecule has 0 unspecified atom stereocenters. The summed E-state index contributed by atoms with van der Waals surface area (Å²) in [4.78, 5) is 28.0. The Labute approximate surface area is 156 Å². The standard InChI is InChI=1S/C22H17N3O2/c26-20-16-10-4-6-12-18(16)23-22(24-20)17-11-5-7-13-19(17)25(21(22)27)14-15-8-2-1-3-9-15/h1-13,23H,14H2,(H,24,26)/t22-/m0/s1. The van der Waals surface area contributed by atoms with Crippen LogP contribution in [0.5, 0.6) is 0 Å². The number of carbonyl (C=O) groups is 2. The second-order valence-electron chi connectivity index (χ2n) is 6.77. The smallest absolute Gasteiger partial charge is 0.278 e. The summed E-state index contributed by atoms with van der Waals surface area (Å²) in [5.41, 5.74) is 2.50. The van der Waals surface area contributed by atoms with Crippen LogP contribution in [-0.4, -0.2) is 11.8 Å². The Morgan fingerprint density at radius 1 is 0.778 bits per heavy atom. The summed E-state index contributed by atoms with van der Waals surface area (Å²) in [6.07, 6.45) is 0. The molecule has 5 nitrogen and oxygen atoms in total. The van der Waals surface area contributed by atoms with Gasteiger partial charge < -0.3 is 15.5 Å². The maximum absolute atomic E-state index is 13.5. The topological polar surface area (TPSA) is 61.4 Å². The van der Waals surface area contributed by atoms with Crippen LogP contribution >= 0.6 is 0 Å². The van der Waals surface area contributed by atoms with Gasteiger partial charge in [-0.25, -0.2) is 0 Å². The molecule has 0 bridgehead atoms. The van der Waals surface area contributed by atoms with Crippen LogP contribution in [0.25, 0.3) is 0 Å². The Kier molecular flexibility index (Phi) is 3.31. The van der Waals surface area contributed by atoms with Crippen LogP contribution in [0.1, 0.15) is 21.5 Å². The summed E-state index contributed by atoms with van der Waals surface area (Å²) >= 11 is 0. The minimum Gasteiger partial charge on any atom is -0.350 e. The fourth-order valence-electron chi connectivity index (χ4n) is 3.88. The SMILES string of the molecule is O=C1N[C@]2(Nc3ccccc31)C(=O)N(Cc1ccccc1)c1ccccc12. The van der Waals surface area contributed by atoms with E-state index < -0.39 is 5.66 Å². The first-order valence-corrected chi connectivity index (χ1v) is 8.84. The molecule has 0 radical (unpaired) electrons. The number of hydrogen-bond acceptors (Lipinski definition) is 3. The van der Waals surface area contributed by atoms with E-state index in [9.17, 15) is 9.59 Å². The van der Waals surface area contributed by atoms with Crippen molar-refractivity contribution in [3.05, 3.63) is 95.6 Å². The van der Waals surface area contributed by atoms with E-state index in [1.54, 1.807) is 11.0 Å². The van der Waals surface area contributed by atoms with Crippen LogP contribution in [0.15, 0.2) is 78.9 Å². The number of hydrogen-bond donors (Lipinski definition) is 2. The molecular weight excluding hydrogens is 338 g/mol. The van der Waals surface area contributed by atoms with Gasteiger partial charge in [0, 0.05) is 11.3 Å². The maximum Gasteiger partial charge on any atom is 0.278 e. The number of amides is 2. The minimum atomic E-state index is -1.28.